The van der Waals surface area contributed by atoms with Crippen LogP contribution in [0.2, 0.25) is 0 Å². The van der Waals surface area contributed by atoms with E-state index in [1.165, 1.54) is 56.1 Å². The van der Waals surface area contributed by atoms with Gasteiger partial charge in [0, 0.05) is 5.33 Å². The standard InChI is InChI=1S/C17H25Br/c1-14-6-5-9-16(12-14)17(13-18)11-10-15-7-3-2-4-8-15/h5-6,9,12,15,17H,2-4,7-8,10-11,13H2,1H3. The summed E-state index contributed by atoms with van der Waals surface area (Å²) in [5.74, 6) is 1.71. The molecule has 1 fully saturated rings. The van der Waals surface area contributed by atoms with Gasteiger partial charge in [0.2, 0.25) is 0 Å². The minimum absolute atomic E-state index is 0.701. The Morgan fingerprint density at radius 2 is 2.00 bits per heavy atom. The van der Waals surface area contributed by atoms with Gasteiger partial charge in [-0.05, 0) is 37.2 Å². The van der Waals surface area contributed by atoms with Crippen molar-refractivity contribution in [2.24, 2.45) is 5.92 Å². The maximum atomic E-state index is 3.70. The Bertz CT molecular complexity index is 352. The van der Waals surface area contributed by atoms with Crippen molar-refractivity contribution >= 4 is 15.9 Å². The molecule has 18 heavy (non-hydrogen) atoms. The van der Waals surface area contributed by atoms with Gasteiger partial charge in [-0.2, -0.15) is 0 Å². The van der Waals surface area contributed by atoms with E-state index in [0.717, 1.165) is 11.2 Å². The number of rotatable bonds is 5. The summed E-state index contributed by atoms with van der Waals surface area (Å²) >= 11 is 3.70. The summed E-state index contributed by atoms with van der Waals surface area (Å²) in [5, 5.41) is 1.10. The molecular weight excluding hydrogens is 284 g/mol. The largest absolute Gasteiger partial charge is 0.0921 e. The number of alkyl halides is 1. The van der Waals surface area contributed by atoms with Crippen LogP contribution in [-0.2, 0) is 0 Å². The van der Waals surface area contributed by atoms with Crippen LogP contribution in [0, 0.1) is 12.8 Å². The highest BCUT2D eigenvalue weighted by Crippen LogP contribution is 2.32. The second-order valence-corrected chi connectivity index (χ2v) is 6.49. The molecular formula is C17H25Br. The van der Waals surface area contributed by atoms with Crippen LogP contribution in [-0.4, -0.2) is 5.33 Å². The summed E-state index contributed by atoms with van der Waals surface area (Å²) in [6.45, 7) is 2.19. The molecule has 0 bridgehead atoms. The fourth-order valence-corrected chi connectivity index (χ4v) is 3.87. The van der Waals surface area contributed by atoms with Crippen molar-refractivity contribution in [3.05, 3.63) is 35.4 Å². The Labute approximate surface area is 120 Å². The zero-order valence-corrected chi connectivity index (χ0v) is 13.1. The lowest BCUT2D eigenvalue weighted by Gasteiger charge is -2.24. The summed E-state index contributed by atoms with van der Waals surface area (Å²) < 4.78 is 0. The van der Waals surface area contributed by atoms with E-state index < -0.39 is 0 Å². The third kappa shape index (κ3) is 4.12. The average Bonchev–Trinajstić information content (AvgIpc) is 2.41. The van der Waals surface area contributed by atoms with E-state index in [-0.39, 0.29) is 0 Å². The van der Waals surface area contributed by atoms with Crippen LogP contribution < -0.4 is 0 Å². The third-order valence-corrected chi connectivity index (χ3v) is 5.13. The lowest BCUT2D eigenvalue weighted by Crippen LogP contribution is -2.09. The molecule has 1 aliphatic rings. The summed E-state index contributed by atoms with van der Waals surface area (Å²) in [6, 6.07) is 9.03. The molecule has 1 aromatic rings. The molecule has 1 aliphatic carbocycles. The fourth-order valence-electron chi connectivity index (χ4n) is 3.17. The highest BCUT2D eigenvalue weighted by molar-refractivity contribution is 9.09. The molecule has 0 spiro atoms. The van der Waals surface area contributed by atoms with Gasteiger partial charge >= 0.3 is 0 Å². The van der Waals surface area contributed by atoms with E-state index in [0.29, 0.717) is 5.92 Å². The van der Waals surface area contributed by atoms with Gasteiger partial charge in [0.25, 0.3) is 0 Å². The Hall–Kier alpha value is -0.300. The van der Waals surface area contributed by atoms with Gasteiger partial charge in [0.05, 0.1) is 0 Å². The highest BCUT2D eigenvalue weighted by atomic mass is 79.9. The molecule has 100 valence electrons. The number of hydrogen-bond donors (Lipinski definition) is 0. The maximum Gasteiger partial charge on any atom is 0.0100 e. The van der Waals surface area contributed by atoms with Crippen molar-refractivity contribution in [1.82, 2.24) is 0 Å². The molecule has 0 heterocycles. The molecule has 1 heteroatoms. The van der Waals surface area contributed by atoms with Gasteiger partial charge in [0.15, 0.2) is 0 Å². The molecule has 0 aromatic heterocycles. The monoisotopic (exact) mass is 308 g/mol. The predicted molar refractivity (Wildman–Crippen MR) is 83.5 cm³/mol. The lowest BCUT2D eigenvalue weighted by atomic mass is 9.83. The van der Waals surface area contributed by atoms with Crippen LogP contribution in [0.1, 0.15) is 62.0 Å². The molecule has 0 nitrogen and oxygen atoms in total. The number of aryl methyl sites for hydroxylation is 1. The molecule has 1 aromatic carbocycles. The van der Waals surface area contributed by atoms with E-state index in [1.807, 2.05) is 0 Å². The first-order valence-electron chi connectivity index (χ1n) is 7.42. The van der Waals surface area contributed by atoms with Gasteiger partial charge in [0.1, 0.15) is 0 Å². The van der Waals surface area contributed by atoms with Crippen molar-refractivity contribution in [3.63, 3.8) is 0 Å². The summed E-state index contributed by atoms with van der Waals surface area (Å²) in [7, 11) is 0. The Morgan fingerprint density at radius 1 is 1.22 bits per heavy atom. The molecule has 2 rings (SSSR count). The van der Waals surface area contributed by atoms with Crippen LogP contribution in [0.15, 0.2) is 24.3 Å². The van der Waals surface area contributed by atoms with Gasteiger partial charge in [-0.25, -0.2) is 0 Å². The molecule has 0 aliphatic heterocycles. The normalized spacial score (nSPS) is 18.8. The van der Waals surface area contributed by atoms with Gasteiger partial charge in [-0.1, -0.05) is 77.9 Å². The third-order valence-electron chi connectivity index (χ3n) is 4.35. The number of benzene rings is 1. The smallest absolute Gasteiger partial charge is 0.0100 e. The number of hydrogen-bond acceptors (Lipinski definition) is 0. The van der Waals surface area contributed by atoms with Crippen LogP contribution in [0.4, 0.5) is 0 Å². The fraction of sp³-hybridized carbons (Fsp3) is 0.647. The SMILES string of the molecule is Cc1cccc(C(CBr)CCC2CCCCC2)c1. The Morgan fingerprint density at radius 3 is 2.67 bits per heavy atom. The molecule has 1 atom stereocenters. The van der Waals surface area contributed by atoms with Crippen LogP contribution in [0.5, 0.6) is 0 Å². The van der Waals surface area contributed by atoms with Crippen LogP contribution in [0.25, 0.3) is 0 Å². The molecule has 1 saturated carbocycles. The minimum Gasteiger partial charge on any atom is -0.0921 e. The van der Waals surface area contributed by atoms with Crippen molar-refractivity contribution in [2.75, 3.05) is 5.33 Å². The van der Waals surface area contributed by atoms with Gasteiger partial charge in [-0.3, -0.25) is 0 Å². The lowest BCUT2D eigenvalue weighted by molar-refractivity contribution is 0.326. The van der Waals surface area contributed by atoms with Crippen LogP contribution >= 0.6 is 15.9 Å². The second-order valence-electron chi connectivity index (χ2n) is 5.85. The number of halogens is 1. The van der Waals surface area contributed by atoms with E-state index in [9.17, 15) is 0 Å². The predicted octanol–water partition coefficient (Wildman–Crippen LogP) is 5.83. The Balaban J connectivity index is 1.88. The van der Waals surface area contributed by atoms with E-state index in [4.69, 9.17) is 0 Å². The topological polar surface area (TPSA) is 0 Å². The molecule has 1 unspecified atom stereocenters. The first-order chi connectivity index (χ1) is 8.79. The molecule has 0 N–H and O–H groups in total. The van der Waals surface area contributed by atoms with E-state index in [1.54, 1.807) is 0 Å². The minimum atomic E-state index is 0.701. The first-order valence-corrected chi connectivity index (χ1v) is 8.54. The van der Waals surface area contributed by atoms with Gasteiger partial charge in [-0.15, -0.1) is 0 Å². The molecule has 0 radical (unpaired) electrons. The summed E-state index contributed by atoms with van der Waals surface area (Å²) in [4.78, 5) is 0. The Kier molecular flexibility index (Phi) is 5.75. The maximum absolute atomic E-state index is 3.70. The summed E-state index contributed by atoms with van der Waals surface area (Å²) in [6.07, 6.45) is 10.1. The molecule has 0 amide bonds. The summed E-state index contributed by atoms with van der Waals surface area (Å²) in [5.41, 5.74) is 2.90. The zero-order valence-electron chi connectivity index (χ0n) is 11.5. The van der Waals surface area contributed by atoms with E-state index in [2.05, 4.69) is 47.1 Å². The van der Waals surface area contributed by atoms with Crippen molar-refractivity contribution in [3.8, 4) is 0 Å². The van der Waals surface area contributed by atoms with E-state index >= 15 is 0 Å². The molecule has 0 saturated heterocycles. The van der Waals surface area contributed by atoms with Gasteiger partial charge < -0.3 is 0 Å². The zero-order chi connectivity index (χ0) is 12.8. The quantitative estimate of drug-likeness (QED) is 0.600. The van der Waals surface area contributed by atoms with Crippen molar-refractivity contribution in [2.45, 2.75) is 57.8 Å². The van der Waals surface area contributed by atoms with Crippen molar-refractivity contribution in [1.29, 1.82) is 0 Å². The highest BCUT2D eigenvalue weighted by Gasteiger charge is 2.16. The van der Waals surface area contributed by atoms with Crippen LogP contribution in [0.3, 0.4) is 0 Å². The van der Waals surface area contributed by atoms with Crippen molar-refractivity contribution < 1.29 is 0 Å². The first kappa shape index (κ1) is 14.1. The average molecular weight is 309 g/mol. The second kappa shape index (κ2) is 7.33.